The third-order valence-electron chi connectivity index (χ3n) is 9.12. The van der Waals surface area contributed by atoms with Crippen molar-refractivity contribution >= 4 is 27.6 Å². The number of anilines is 1. The molecule has 7 rings (SSSR count). The van der Waals surface area contributed by atoms with E-state index in [1.807, 2.05) is 6.92 Å². The van der Waals surface area contributed by atoms with E-state index in [1.54, 1.807) is 36.1 Å². The minimum atomic E-state index is -4.46. The Hall–Kier alpha value is -4.51. The van der Waals surface area contributed by atoms with E-state index in [1.165, 1.54) is 36.5 Å². The van der Waals surface area contributed by atoms with Gasteiger partial charge in [0.2, 0.25) is 5.88 Å². The fourth-order valence-corrected chi connectivity index (χ4v) is 8.21. The summed E-state index contributed by atoms with van der Waals surface area (Å²) in [6.07, 6.45) is 1.49. The number of hydrogen-bond acceptors (Lipinski definition) is 9. The molecule has 1 N–H and O–H groups in total. The molecule has 5 heterocycles. The lowest BCUT2D eigenvalue weighted by Crippen LogP contribution is -2.77. The Kier molecular flexibility index (Phi) is 6.85. The summed E-state index contributed by atoms with van der Waals surface area (Å²) in [6, 6.07) is 15.6. The van der Waals surface area contributed by atoms with Crippen LogP contribution in [0.15, 0.2) is 65.7 Å². The van der Waals surface area contributed by atoms with Crippen LogP contribution in [0.5, 0.6) is 5.88 Å². The summed E-state index contributed by atoms with van der Waals surface area (Å²) in [5.41, 5.74) is -0.706. The highest BCUT2D eigenvalue weighted by Crippen LogP contribution is 2.50. The summed E-state index contributed by atoms with van der Waals surface area (Å²) in [6.45, 7) is 7.96. The van der Waals surface area contributed by atoms with Gasteiger partial charge in [0.25, 0.3) is 15.9 Å². The van der Waals surface area contributed by atoms with E-state index in [9.17, 15) is 23.3 Å². The second kappa shape index (κ2) is 10.5. The quantitative estimate of drug-likeness (QED) is 0.417. The van der Waals surface area contributed by atoms with Gasteiger partial charge >= 0.3 is 6.03 Å². The van der Waals surface area contributed by atoms with Crippen molar-refractivity contribution in [2.75, 3.05) is 50.3 Å². The van der Waals surface area contributed by atoms with Crippen molar-refractivity contribution in [1.82, 2.24) is 20.1 Å². The van der Waals surface area contributed by atoms with Crippen LogP contribution in [0.3, 0.4) is 0 Å². The molecule has 1 aromatic heterocycles. The van der Waals surface area contributed by atoms with Gasteiger partial charge in [0.05, 0.1) is 53.6 Å². The monoisotopic (exact) mass is 628 g/mol. The predicted octanol–water partition coefficient (Wildman–Crippen LogP) is 2.37. The number of nitriles is 1. The van der Waals surface area contributed by atoms with Gasteiger partial charge in [0, 0.05) is 43.4 Å². The summed E-state index contributed by atoms with van der Waals surface area (Å²) in [7, 11) is -4.46. The zero-order valence-corrected chi connectivity index (χ0v) is 25.7. The Morgan fingerprint density at radius 2 is 1.84 bits per heavy atom. The first-order valence-corrected chi connectivity index (χ1v) is 16.2. The molecule has 0 saturated carbocycles. The molecule has 2 aromatic carbocycles. The smallest absolute Gasteiger partial charge is 0.318 e. The highest BCUT2D eigenvalue weighted by molar-refractivity contribution is 7.93. The number of carbonyl (C=O) groups excluding carboxylic acids is 2. The second-order valence-corrected chi connectivity index (χ2v) is 13.9. The highest BCUT2D eigenvalue weighted by Gasteiger charge is 2.61. The van der Waals surface area contributed by atoms with E-state index >= 15 is 0 Å². The first-order chi connectivity index (χ1) is 21.6. The largest absolute Gasteiger partial charge is 0.478 e. The first-order valence-electron chi connectivity index (χ1n) is 14.8. The van der Waals surface area contributed by atoms with Crippen LogP contribution < -0.4 is 14.4 Å². The Balaban J connectivity index is 1.32. The topological polar surface area (TPSA) is 145 Å². The molecule has 3 aromatic rings. The number of urea groups is 1. The molecule has 3 fully saturated rings. The number of sulfonamides is 1. The van der Waals surface area contributed by atoms with Crippen LogP contribution in [0.2, 0.25) is 0 Å². The number of likely N-dealkylation sites (tertiary alicyclic amines) is 2. The lowest BCUT2D eigenvalue weighted by atomic mass is 9.72. The molecule has 3 amide bonds. The van der Waals surface area contributed by atoms with E-state index in [4.69, 9.17) is 9.47 Å². The maximum atomic E-state index is 14.9. The zero-order valence-electron chi connectivity index (χ0n) is 24.9. The molecule has 12 nitrogen and oxygen atoms in total. The fourth-order valence-electron chi connectivity index (χ4n) is 6.74. The summed E-state index contributed by atoms with van der Waals surface area (Å²) in [5, 5.41) is 12.8. The first kappa shape index (κ1) is 29.2. The van der Waals surface area contributed by atoms with Crippen LogP contribution in [0, 0.1) is 23.7 Å². The van der Waals surface area contributed by atoms with Gasteiger partial charge < -0.3 is 19.7 Å². The van der Waals surface area contributed by atoms with Crippen molar-refractivity contribution in [2.24, 2.45) is 5.41 Å². The summed E-state index contributed by atoms with van der Waals surface area (Å²) >= 11 is 0. The molecule has 1 spiro atoms. The molecule has 0 bridgehead atoms. The number of aromatic nitrogens is 1. The van der Waals surface area contributed by atoms with Gasteiger partial charge in [0.15, 0.2) is 5.54 Å². The van der Waals surface area contributed by atoms with Crippen molar-refractivity contribution in [3.8, 4) is 11.9 Å². The molecule has 3 saturated heterocycles. The molecule has 0 radical (unpaired) electrons. The molecule has 232 valence electrons. The number of pyridine rings is 1. The van der Waals surface area contributed by atoms with E-state index in [0.717, 1.165) is 36.2 Å². The SMILES string of the molecule is CCOc1ncccc1C1(NC(=O)N2CC3(C2)CN(C2COC2)C3)C(=O)N(S(=O)(=O)c2ccc(C)cc2)c2ccc(C#N)cc21. The van der Waals surface area contributed by atoms with Crippen LogP contribution in [0.4, 0.5) is 10.5 Å². The van der Waals surface area contributed by atoms with Gasteiger partial charge in [-0.3, -0.25) is 9.69 Å². The Morgan fingerprint density at radius 1 is 1.11 bits per heavy atom. The average Bonchev–Trinajstić information content (AvgIpc) is 3.20. The minimum Gasteiger partial charge on any atom is -0.478 e. The second-order valence-electron chi connectivity index (χ2n) is 12.2. The lowest BCUT2D eigenvalue weighted by molar-refractivity contribution is -0.165. The van der Waals surface area contributed by atoms with Gasteiger partial charge in [-0.05, 0) is 56.3 Å². The van der Waals surface area contributed by atoms with Gasteiger partial charge in [0.1, 0.15) is 0 Å². The Morgan fingerprint density at radius 3 is 2.49 bits per heavy atom. The van der Waals surface area contributed by atoms with Crippen LogP contribution in [0.25, 0.3) is 0 Å². The number of aryl methyl sites for hydroxylation is 1. The number of nitrogens with zero attached hydrogens (tertiary/aromatic N) is 5. The summed E-state index contributed by atoms with van der Waals surface area (Å²) < 4.78 is 40.3. The van der Waals surface area contributed by atoms with E-state index in [2.05, 4.69) is 21.3 Å². The van der Waals surface area contributed by atoms with Crippen LogP contribution in [-0.4, -0.2) is 87.2 Å². The van der Waals surface area contributed by atoms with E-state index < -0.39 is 27.5 Å². The summed E-state index contributed by atoms with van der Waals surface area (Å²) in [5.74, 6) is -0.862. The number of fused-ring (bicyclic) bond motifs is 1. The van der Waals surface area contributed by atoms with Crippen molar-refractivity contribution in [2.45, 2.75) is 30.3 Å². The number of benzene rings is 2. The minimum absolute atomic E-state index is 0.0166. The average molecular weight is 629 g/mol. The van der Waals surface area contributed by atoms with Crippen molar-refractivity contribution < 1.29 is 27.5 Å². The molecule has 1 atom stereocenters. The number of nitrogens with one attached hydrogen (secondary N) is 1. The van der Waals surface area contributed by atoms with Crippen LogP contribution >= 0.6 is 0 Å². The van der Waals surface area contributed by atoms with E-state index in [0.29, 0.717) is 19.1 Å². The number of hydrogen-bond donors (Lipinski definition) is 1. The molecule has 4 aliphatic rings. The van der Waals surface area contributed by atoms with Crippen molar-refractivity contribution in [3.63, 3.8) is 0 Å². The van der Waals surface area contributed by atoms with Gasteiger partial charge in [-0.15, -0.1) is 0 Å². The molecule has 0 aliphatic carbocycles. The van der Waals surface area contributed by atoms with Gasteiger partial charge in [-0.2, -0.15) is 9.57 Å². The third kappa shape index (κ3) is 4.47. The van der Waals surface area contributed by atoms with Crippen molar-refractivity contribution in [1.29, 1.82) is 5.26 Å². The Bertz CT molecular complexity index is 1840. The number of carbonyl (C=O) groups is 2. The van der Waals surface area contributed by atoms with Gasteiger partial charge in [-0.25, -0.2) is 18.2 Å². The number of ether oxygens (including phenoxy) is 2. The van der Waals surface area contributed by atoms with Crippen LogP contribution in [-0.2, 0) is 25.1 Å². The maximum absolute atomic E-state index is 14.9. The normalized spacial score (nSPS) is 22.2. The standard InChI is InChI=1S/C32H32N6O6S/c1-3-44-28-25(5-4-12-34-28)32(35-30(40)37-19-31(20-37)17-36(18-31)23-15-43-16-23)26-13-22(14-33)8-11-27(26)38(29(32)39)45(41,42)24-9-6-21(2)7-10-24/h4-13,23H,3,15-20H2,1-2H3,(H,35,40). The predicted molar refractivity (Wildman–Crippen MR) is 162 cm³/mol. The van der Waals surface area contributed by atoms with Gasteiger partial charge in [-0.1, -0.05) is 17.7 Å². The van der Waals surface area contributed by atoms with Crippen LogP contribution in [0.1, 0.15) is 29.2 Å². The van der Waals surface area contributed by atoms with E-state index in [-0.39, 0.29) is 45.2 Å². The zero-order chi connectivity index (χ0) is 31.6. The molecular formula is C32H32N6O6S. The maximum Gasteiger partial charge on any atom is 0.318 e. The molecule has 1 unspecified atom stereocenters. The molecule has 45 heavy (non-hydrogen) atoms. The molecular weight excluding hydrogens is 596 g/mol. The van der Waals surface area contributed by atoms with Crippen molar-refractivity contribution in [3.05, 3.63) is 83.0 Å². The highest BCUT2D eigenvalue weighted by atomic mass is 32.2. The number of amides is 3. The molecule has 13 heteroatoms. The Labute approximate surface area is 261 Å². The summed E-state index contributed by atoms with van der Waals surface area (Å²) in [4.78, 5) is 37.2. The lowest BCUT2D eigenvalue weighted by Gasteiger charge is -2.62. The third-order valence-corrected chi connectivity index (χ3v) is 10.8. The number of rotatable bonds is 7. The fraction of sp³-hybridized carbons (Fsp3) is 0.375. The molecule has 4 aliphatic heterocycles.